The summed E-state index contributed by atoms with van der Waals surface area (Å²) in [6.45, 7) is 3.89. The Labute approximate surface area is 81.3 Å². The Morgan fingerprint density at radius 2 is 2.23 bits per heavy atom. The van der Waals surface area contributed by atoms with Gasteiger partial charge in [-0.15, -0.1) is 0 Å². The van der Waals surface area contributed by atoms with E-state index in [2.05, 4.69) is 23.9 Å². The molecule has 1 N–H and O–H groups in total. The smallest absolute Gasteiger partial charge is 0.0431 e. The summed E-state index contributed by atoms with van der Waals surface area (Å²) in [6, 6.07) is 0.740. The average molecular weight is 186 g/mol. The van der Waals surface area contributed by atoms with Crippen LogP contribution in [0.3, 0.4) is 0 Å². The Hall–Kier alpha value is -0.120. The lowest BCUT2D eigenvalue weighted by Crippen LogP contribution is -2.34. The third kappa shape index (κ3) is 3.63. The van der Waals surface area contributed by atoms with Crippen LogP contribution in [0.25, 0.3) is 0 Å². The van der Waals surface area contributed by atoms with Crippen LogP contribution in [0.4, 0.5) is 0 Å². The Kier molecular flexibility index (Phi) is 4.70. The Bertz CT molecular complexity index is 141. The molecule has 0 amide bonds. The minimum absolute atomic E-state index is 0.332. The first-order valence-corrected chi connectivity index (χ1v) is 5.23. The second kappa shape index (κ2) is 5.58. The summed E-state index contributed by atoms with van der Waals surface area (Å²) >= 11 is 0. The molecule has 1 heterocycles. The molecule has 0 aliphatic carbocycles. The Balaban J connectivity index is 2.12. The van der Waals surface area contributed by atoms with E-state index in [4.69, 9.17) is 5.11 Å². The van der Waals surface area contributed by atoms with Gasteiger partial charge in [0.05, 0.1) is 0 Å². The standard InChI is InChI=1S/C10H22N2O/c1-11-7-5-10(9-11)12(2)6-3-4-8-13/h10,13H,3-9H2,1-2H3. The second-order valence-corrected chi connectivity index (χ2v) is 4.12. The molecule has 0 aromatic carbocycles. The van der Waals surface area contributed by atoms with Gasteiger partial charge in [0.1, 0.15) is 0 Å². The van der Waals surface area contributed by atoms with Gasteiger partial charge in [-0.05, 0) is 46.4 Å². The van der Waals surface area contributed by atoms with Crippen LogP contribution < -0.4 is 0 Å². The predicted molar refractivity (Wildman–Crippen MR) is 54.9 cm³/mol. The molecule has 1 fully saturated rings. The van der Waals surface area contributed by atoms with Crippen LogP contribution in [-0.4, -0.2) is 61.3 Å². The molecule has 3 nitrogen and oxygen atoms in total. The topological polar surface area (TPSA) is 26.7 Å². The zero-order valence-corrected chi connectivity index (χ0v) is 8.87. The molecule has 0 saturated carbocycles. The van der Waals surface area contributed by atoms with Crippen LogP contribution in [0.1, 0.15) is 19.3 Å². The number of likely N-dealkylation sites (tertiary alicyclic amines) is 1. The van der Waals surface area contributed by atoms with Crippen LogP contribution in [0, 0.1) is 0 Å². The van der Waals surface area contributed by atoms with Gasteiger partial charge in [0.25, 0.3) is 0 Å². The number of nitrogens with zero attached hydrogens (tertiary/aromatic N) is 2. The van der Waals surface area contributed by atoms with Crippen molar-refractivity contribution < 1.29 is 5.11 Å². The van der Waals surface area contributed by atoms with Crippen LogP contribution in [0.5, 0.6) is 0 Å². The molecule has 0 aromatic heterocycles. The molecule has 0 bridgehead atoms. The highest BCUT2D eigenvalue weighted by Gasteiger charge is 2.22. The maximum atomic E-state index is 8.66. The Morgan fingerprint density at radius 1 is 1.46 bits per heavy atom. The number of rotatable bonds is 5. The number of unbranched alkanes of at least 4 members (excludes halogenated alkanes) is 1. The predicted octanol–water partition coefficient (Wildman–Crippen LogP) is 0.395. The van der Waals surface area contributed by atoms with Crippen LogP contribution in [0.2, 0.25) is 0 Å². The minimum atomic E-state index is 0.332. The van der Waals surface area contributed by atoms with Gasteiger partial charge in [0.2, 0.25) is 0 Å². The van der Waals surface area contributed by atoms with Gasteiger partial charge in [0, 0.05) is 19.2 Å². The first-order valence-electron chi connectivity index (χ1n) is 5.23. The van der Waals surface area contributed by atoms with Crippen LogP contribution in [0.15, 0.2) is 0 Å². The zero-order valence-electron chi connectivity index (χ0n) is 8.87. The maximum absolute atomic E-state index is 8.66. The summed E-state index contributed by atoms with van der Waals surface area (Å²) in [5, 5.41) is 8.66. The van der Waals surface area contributed by atoms with Crippen molar-refractivity contribution in [2.75, 3.05) is 40.3 Å². The first-order chi connectivity index (χ1) is 6.24. The summed E-state index contributed by atoms with van der Waals surface area (Å²) in [7, 11) is 4.38. The van der Waals surface area contributed by atoms with Gasteiger partial charge in [-0.1, -0.05) is 0 Å². The number of hydrogen-bond donors (Lipinski definition) is 1. The summed E-state index contributed by atoms with van der Waals surface area (Å²) in [5.74, 6) is 0. The molecule has 1 aliphatic rings. The van der Waals surface area contributed by atoms with Crippen molar-refractivity contribution in [2.45, 2.75) is 25.3 Å². The van der Waals surface area contributed by atoms with Crippen LogP contribution >= 0.6 is 0 Å². The molecule has 3 heteroatoms. The van der Waals surface area contributed by atoms with Crippen LogP contribution in [-0.2, 0) is 0 Å². The highest BCUT2D eigenvalue weighted by molar-refractivity contribution is 4.79. The second-order valence-electron chi connectivity index (χ2n) is 4.12. The summed E-state index contributed by atoms with van der Waals surface area (Å²) in [6.07, 6.45) is 3.35. The molecule has 0 aromatic rings. The lowest BCUT2D eigenvalue weighted by molar-refractivity contribution is 0.222. The average Bonchev–Trinajstić information content (AvgIpc) is 2.52. The van der Waals surface area contributed by atoms with Crippen molar-refractivity contribution in [1.82, 2.24) is 9.80 Å². The number of hydrogen-bond acceptors (Lipinski definition) is 3. The Morgan fingerprint density at radius 3 is 2.77 bits per heavy atom. The normalized spacial score (nSPS) is 24.5. The molecule has 1 saturated heterocycles. The molecule has 1 unspecified atom stereocenters. The lowest BCUT2D eigenvalue weighted by atomic mass is 10.2. The highest BCUT2D eigenvalue weighted by atomic mass is 16.2. The fraction of sp³-hybridized carbons (Fsp3) is 1.00. The molecule has 1 atom stereocenters. The van der Waals surface area contributed by atoms with Gasteiger partial charge in [-0.25, -0.2) is 0 Å². The van der Waals surface area contributed by atoms with Gasteiger partial charge in [-0.2, -0.15) is 0 Å². The highest BCUT2D eigenvalue weighted by Crippen LogP contribution is 2.12. The van der Waals surface area contributed by atoms with E-state index in [0.29, 0.717) is 6.61 Å². The van der Waals surface area contributed by atoms with Crippen molar-refractivity contribution in [1.29, 1.82) is 0 Å². The first kappa shape index (κ1) is 11.0. The van der Waals surface area contributed by atoms with Gasteiger partial charge in [-0.3, -0.25) is 0 Å². The monoisotopic (exact) mass is 186 g/mol. The third-order valence-corrected chi connectivity index (χ3v) is 2.91. The number of likely N-dealkylation sites (N-methyl/N-ethyl adjacent to an activating group) is 2. The summed E-state index contributed by atoms with van der Waals surface area (Å²) in [4.78, 5) is 4.81. The molecule has 13 heavy (non-hydrogen) atoms. The van der Waals surface area contributed by atoms with E-state index in [0.717, 1.165) is 25.4 Å². The van der Waals surface area contributed by atoms with E-state index < -0.39 is 0 Å². The van der Waals surface area contributed by atoms with E-state index in [1.54, 1.807) is 0 Å². The number of aliphatic hydroxyl groups is 1. The summed E-state index contributed by atoms with van der Waals surface area (Å²) < 4.78 is 0. The fourth-order valence-electron chi connectivity index (χ4n) is 1.93. The van der Waals surface area contributed by atoms with Crippen molar-refractivity contribution in [3.8, 4) is 0 Å². The van der Waals surface area contributed by atoms with E-state index in [-0.39, 0.29) is 0 Å². The van der Waals surface area contributed by atoms with E-state index in [9.17, 15) is 0 Å². The van der Waals surface area contributed by atoms with Gasteiger partial charge < -0.3 is 14.9 Å². The van der Waals surface area contributed by atoms with Crippen molar-refractivity contribution in [3.63, 3.8) is 0 Å². The van der Waals surface area contributed by atoms with E-state index >= 15 is 0 Å². The largest absolute Gasteiger partial charge is 0.396 e. The SMILES string of the molecule is CN1CCC(N(C)CCCCO)C1. The van der Waals surface area contributed by atoms with Crippen molar-refractivity contribution >= 4 is 0 Å². The van der Waals surface area contributed by atoms with Crippen molar-refractivity contribution in [2.24, 2.45) is 0 Å². The molecule has 78 valence electrons. The lowest BCUT2D eigenvalue weighted by Gasteiger charge is -2.23. The third-order valence-electron chi connectivity index (χ3n) is 2.91. The molecular formula is C10H22N2O. The zero-order chi connectivity index (χ0) is 9.68. The van der Waals surface area contributed by atoms with E-state index in [1.807, 2.05) is 0 Å². The fourth-order valence-corrected chi connectivity index (χ4v) is 1.93. The van der Waals surface area contributed by atoms with Gasteiger partial charge in [0.15, 0.2) is 0 Å². The number of aliphatic hydroxyl groups excluding tert-OH is 1. The maximum Gasteiger partial charge on any atom is 0.0431 e. The molecule has 1 aliphatic heterocycles. The molecule has 0 spiro atoms. The summed E-state index contributed by atoms with van der Waals surface area (Å²) in [5.41, 5.74) is 0. The van der Waals surface area contributed by atoms with Crippen molar-refractivity contribution in [3.05, 3.63) is 0 Å². The minimum Gasteiger partial charge on any atom is -0.396 e. The molecule has 0 radical (unpaired) electrons. The quantitative estimate of drug-likeness (QED) is 0.629. The van der Waals surface area contributed by atoms with E-state index in [1.165, 1.54) is 19.5 Å². The molecular weight excluding hydrogens is 164 g/mol. The molecule has 1 rings (SSSR count). The van der Waals surface area contributed by atoms with Gasteiger partial charge >= 0.3 is 0 Å².